The van der Waals surface area contributed by atoms with Gasteiger partial charge < -0.3 is 20.1 Å². The summed E-state index contributed by atoms with van der Waals surface area (Å²) in [7, 11) is 3.18. The van der Waals surface area contributed by atoms with Gasteiger partial charge in [0.2, 0.25) is 0 Å². The second kappa shape index (κ2) is 9.73. The van der Waals surface area contributed by atoms with Gasteiger partial charge in [0.05, 0.1) is 19.9 Å². The quantitative estimate of drug-likeness (QED) is 0.675. The number of methoxy groups -OCH3 is 2. The van der Waals surface area contributed by atoms with Crippen LogP contribution in [0.1, 0.15) is 42.6 Å². The fourth-order valence-corrected chi connectivity index (χ4v) is 3.15. The predicted octanol–water partition coefficient (Wildman–Crippen LogP) is 3.86. The molecule has 0 unspecified atom stereocenters. The van der Waals surface area contributed by atoms with Crippen molar-refractivity contribution < 1.29 is 14.3 Å². The molecule has 1 amide bonds. The molecule has 1 aliphatic carbocycles. The minimum absolute atomic E-state index is 0.205. The molecule has 0 saturated heterocycles. The number of benzene rings is 1. The highest BCUT2D eigenvalue weighted by Gasteiger charge is 2.11. The summed E-state index contributed by atoms with van der Waals surface area (Å²) < 4.78 is 10.6. The van der Waals surface area contributed by atoms with Crippen molar-refractivity contribution in [2.45, 2.75) is 32.1 Å². The molecule has 7 nitrogen and oxygen atoms in total. The van der Waals surface area contributed by atoms with E-state index >= 15 is 0 Å². The Morgan fingerprint density at radius 3 is 2.79 bits per heavy atom. The summed E-state index contributed by atoms with van der Waals surface area (Å²) in [6.07, 6.45) is 9.37. The zero-order valence-corrected chi connectivity index (χ0v) is 16.3. The van der Waals surface area contributed by atoms with Crippen molar-refractivity contribution in [1.82, 2.24) is 15.3 Å². The number of anilines is 2. The van der Waals surface area contributed by atoms with E-state index in [0.717, 1.165) is 24.9 Å². The van der Waals surface area contributed by atoms with Gasteiger partial charge in [0.25, 0.3) is 5.91 Å². The van der Waals surface area contributed by atoms with Crippen LogP contribution < -0.4 is 20.1 Å². The molecule has 28 heavy (non-hydrogen) atoms. The van der Waals surface area contributed by atoms with Gasteiger partial charge in [-0.15, -0.1) is 0 Å². The molecule has 2 N–H and O–H groups in total. The Labute approximate surface area is 165 Å². The second-order valence-electron chi connectivity index (χ2n) is 6.59. The molecular weight excluding hydrogens is 356 g/mol. The molecule has 2 aromatic rings. The molecule has 0 aliphatic heterocycles. The number of rotatable bonds is 8. The Morgan fingerprint density at radius 1 is 1.14 bits per heavy atom. The van der Waals surface area contributed by atoms with E-state index < -0.39 is 0 Å². The van der Waals surface area contributed by atoms with Crippen molar-refractivity contribution in [3.8, 4) is 11.5 Å². The maximum atomic E-state index is 12.4. The summed E-state index contributed by atoms with van der Waals surface area (Å²) in [5, 5.41) is 6.09. The molecule has 0 bridgehead atoms. The Morgan fingerprint density at radius 2 is 2.04 bits per heavy atom. The largest absolute Gasteiger partial charge is 0.497 e. The number of amides is 1. The third-order valence-corrected chi connectivity index (χ3v) is 4.69. The van der Waals surface area contributed by atoms with Crippen molar-refractivity contribution in [2.75, 3.05) is 26.1 Å². The number of nitrogens with zero attached hydrogens (tertiary/aromatic N) is 2. The number of carbonyl (C=O) groups is 1. The number of allylic oxidation sites excluding steroid dienone is 1. The molecular formula is C21H26N4O3. The lowest BCUT2D eigenvalue weighted by atomic mass is 9.97. The third-order valence-electron chi connectivity index (χ3n) is 4.69. The summed E-state index contributed by atoms with van der Waals surface area (Å²) in [4.78, 5) is 20.7. The monoisotopic (exact) mass is 382 g/mol. The van der Waals surface area contributed by atoms with Crippen LogP contribution in [0.2, 0.25) is 0 Å². The molecule has 1 aromatic carbocycles. The minimum atomic E-state index is -0.205. The van der Waals surface area contributed by atoms with Gasteiger partial charge in [-0.3, -0.25) is 4.79 Å². The zero-order chi connectivity index (χ0) is 19.8. The average molecular weight is 382 g/mol. The van der Waals surface area contributed by atoms with Gasteiger partial charge in [0.1, 0.15) is 29.3 Å². The second-order valence-corrected chi connectivity index (χ2v) is 6.59. The van der Waals surface area contributed by atoms with Gasteiger partial charge in [-0.2, -0.15) is 0 Å². The van der Waals surface area contributed by atoms with Crippen LogP contribution in [0.25, 0.3) is 0 Å². The summed E-state index contributed by atoms with van der Waals surface area (Å²) >= 11 is 0. The predicted molar refractivity (Wildman–Crippen MR) is 108 cm³/mol. The van der Waals surface area contributed by atoms with E-state index in [1.165, 1.54) is 24.7 Å². The lowest BCUT2D eigenvalue weighted by Crippen LogP contribution is -2.26. The number of hydrogen-bond acceptors (Lipinski definition) is 6. The van der Waals surface area contributed by atoms with E-state index in [4.69, 9.17) is 9.47 Å². The van der Waals surface area contributed by atoms with Crippen molar-refractivity contribution in [2.24, 2.45) is 0 Å². The number of nitrogens with one attached hydrogen (secondary N) is 2. The SMILES string of the molecule is COc1ccc(Nc2cc(C(=O)NCCC3=CCCCC3)ncn2)c(OC)c1. The number of ether oxygens (including phenoxy) is 2. The number of hydrogen-bond donors (Lipinski definition) is 2. The van der Waals surface area contributed by atoms with E-state index in [9.17, 15) is 4.79 Å². The first-order chi connectivity index (χ1) is 13.7. The Hall–Kier alpha value is -3.09. The molecule has 1 heterocycles. The van der Waals surface area contributed by atoms with Crippen molar-refractivity contribution in [1.29, 1.82) is 0 Å². The molecule has 0 saturated carbocycles. The van der Waals surface area contributed by atoms with Gasteiger partial charge in [0.15, 0.2) is 0 Å². The highest BCUT2D eigenvalue weighted by atomic mass is 16.5. The fraction of sp³-hybridized carbons (Fsp3) is 0.381. The van der Waals surface area contributed by atoms with Crippen LogP contribution in [0.15, 0.2) is 42.2 Å². The Balaban J connectivity index is 1.61. The molecule has 3 rings (SSSR count). The summed E-state index contributed by atoms with van der Waals surface area (Å²) in [5.74, 6) is 1.62. The van der Waals surface area contributed by atoms with E-state index in [0.29, 0.717) is 29.6 Å². The summed E-state index contributed by atoms with van der Waals surface area (Å²) in [5.41, 5.74) is 2.48. The molecule has 1 aromatic heterocycles. The van der Waals surface area contributed by atoms with E-state index in [1.54, 1.807) is 26.4 Å². The van der Waals surface area contributed by atoms with E-state index in [-0.39, 0.29) is 5.91 Å². The van der Waals surface area contributed by atoms with Crippen molar-refractivity contribution >= 4 is 17.4 Å². The maximum Gasteiger partial charge on any atom is 0.270 e. The number of aromatic nitrogens is 2. The first kappa shape index (κ1) is 19.7. The van der Waals surface area contributed by atoms with Crippen LogP contribution in [0.5, 0.6) is 11.5 Å². The normalized spacial score (nSPS) is 13.4. The van der Waals surface area contributed by atoms with Gasteiger partial charge in [-0.25, -0.2) is 9.97 Å². The van der Waals surface area contributed by atoms with Crippen molar-refractivity contribution in [3.05, 3.63) is 47.9 Å². The molecule has 0 radical (unpaired) electrons. The fourth-order valence-electron chi connectivity index (χ4n) is 3.15. The van der Waals surface area contributed by atoms with E-state index in [1.807, 2.05) is 12.1 Å². The summed E-state index contributed by atoms with van der Waals surface area (Å²) in [6, 6.07) is 7.05. The van der Waals surface area contributed by atoms with Crippen LogP contribution in [0.3, 0.4) is 0 Å². The van der Waals surface area contributed by atoms with E-state index in [2.05, 4.69) is 26.7 Å². The van der Waals surface area contributed by atoms with Gasteiger partial charge in [0, 0.05) is 18.7 Å². The Bertz CT molecular complexity index is 851. The van der Waals surface area contributed by atoms with Gasteiger partial charge >= 0.3 is 0 Å². The smallest absolute Gasteiger partial charge is 0.270 e. The van der Waals surface area contributed by atoms with Crippen LogP contribution >= 0.6 is 0 Å². The lowest BCUT2D eigenvalue weighted by molar-refractivity contribution is 0.0949. The zero-order valence-electron chi connectivity index (χ0n) is 16.3. The maximum absolute atomic E-state index is 12.4. The van der Waals surface area contributed by atoms with Gasteiger partial charge in [-0.1, -0.05) is 11.6 Å². The average Bonchev–Trinajstić information content (AvgIpc) is 2.75. The third kappa shape index (κ3) is 5.22. The van der Waals surface area contributed by atoms with Crippen molar-refractivity contribution in [3.63, 3.8) is 0 Å². The Kier molecular flexibility index (Phi) is 6.84. The first-order valence-corrected chi connectivity index (χ1v) is 9.47. The van der Waals surface area contributed by atoms with Crippen LogP contribution in [0, 0.1) is 0 Å². The highest BCUT2D eigenvalue weighted by molar-refractivity contribution is 5.93. The molecule has 7 heteroatoms. The standard InChI is InChI=1S/C21H26N4O3/c1-27-16-8-9-17(19(12-16)28-2)25-20-13-18(23-14-24-20)21(26)22-11-10-15-6-4-3-5-7-15/h6,8-9,12-14H,3-5,7,10-11H2,1-2H3,(H,22,26)(H,23,24,25). The van der Waals surface area contributed by atoms with Crippen LogP contribution in [0.4, 0.5) is 11.5 Å². The molecule has 0 spiro atoms. The molecule has 0 fully saturated rings. The first-order valence-electron chi connectivity index (χ1n) is 9.47. The molecule has 148 valence electrons. The molecule has 1 aliphatic rings. The summed E-state index contributed by atoms with van der Waals surface area (Å²) in [6.45, 7) is 0.615. The lowest BCUT2D eigenvalue weighted by Gasteiger charge is -2.13. The van der Waals surface area contributed by atoms with Crippen LogP contribution in [-0.2, 0) is 0 Å². The topological polar surface area (TPSA) is 85.4 Å². The highest BCUT2D eigenvalue weighted by Crippen LogP contribution is 2.31. The van der Waals surface area contributed by atoms with Crippen LogP contribution in [-0.4, -0.2) is 36.6 Å². The minimum Gasteiger partial charge on any atom is -0.497 e. The van der Waals surface area contributed by atoms with Gasteiger partial charge in [-0.05, 0) is 44.2 Å². The number of carbonyl (C=O) groups excluding carboxylic acids is 1. The molecule has 0 atom stereocenters.